The van der Waals surface area contributed by atoms with Crippen LogP contribution in [0.25, 0.3) is 10.8 Å². The first-order chi connectivity index (χ1) is 10.1. The Labute approximate surface area is 130 Å². The summed E-state index contributed by atoms with van der Waals surface area (Å²) in [5, 5.41) is 1.51. The summed E-state index contributed by atoms with van der Waals surface area (Å²) in [6, 6.07) is 16.4. The quantitative estimate of drug-likeness (QED) is 0.682. The third kappa shape index (κ3) is 2.81. The van der Waals surface area contributed by atoms with Crippen LogP contribution in [0.3, 0.4) is 0 Å². The minimum atomic E-state index is -0.140. The van der Waals surface area contributed by atoms with Crippen molar-refractivity contribution in [3.63, 3.8) is 0 Å². The Morgan fingerprint density at radius 3 is 2.48 bits per heavy atom. The molecule has 0 aliphatic carbocycles. The largest absolute Gasteiger partial charge is 0.307 e. The summed E-state index contributed by atoms with van der Waals surface area (Å²) in [5.74, 6) is -0.0834. The average Bonchev–Trinajstić information content (AvgIpc) is 2.51. The molecule has 0 atom stereocenters. The van der Waals surface area contributed by atoms with Gasteiger partial charge in [0.25, 0.3) is 5.56 Å². The number of aromatic nitrogens is 1. The molecule has 21 heavy (non-hydrogen) atoms. The summed E-state index contributed by atoms with van der Waals surface area (Å²) in [6.45, 7) is 0.0469. The first kappa shape index (κ1) is 13.8. The molecule has 0 saturated carbocycles. The first-order valence-electron chi connectivity index (χ1n) is 6.52. The fourth-order valence-corrected chi connectivity index (χ4v) is 2.50. The van der Waals surface area contributed by atoms with Gasteiger partial charge in [0.1, 0.15) is 0 Å². The Hall–Kier alpha value is -2.20. The molecule has 0 aliphatic heterocycles. The standard InChI is InChI=1S/C17H12BrNO2/c18-14-7-5-13(6-8-14)16(20)11-19-10-9-12-3-1-2-4-15(12)17(19)21/h1-10H,11H2. The molecule has 2 aromatic carbocycles. The lowest BCUT2D eigenvalue weighted by molar-refractivity contribution is 0.0971. The van der Waals surface area contributed by atoms with E-state index in [9.17, 15) is 9.59 Å². The van der Waals surface area contributed by atoms with Gasteiger partial charge in [0.2, 0.25) is 0 Å². The molecule has 0 bridgehead atoms. The van der Waals surface area contributed by atoms with Gasteiger partial charge in [0.15, 0.2) is 5.78 Å². The summed E-state index contributed by atoms with van der Waals surface area (Å²) in [4.78, 5) is 24.6. The Balaban J connectivity index is 1.95. The van der Waals surface area contributed by atoms with E-state index in [1.165, 1.54) is 4.57 Å². The van der Waals surface area contributed by atoms with Crippen LogP contribution in [0.4, 0.5) is 0 Å². The molecule has 0 radical (unpaired) electrons. The molecular weight excluding hydrogens is 330 g/mol. The number of carbonyl (C=O) groups excluding carboxylic acids is 1. The van der Waals surface area contributed by atoms with Crippen molar-refractivity contribution < 1.29 is 4.79 Å². The highest BCUT2D eigenvalue weighted by Crippen LogP contribution is 2.12. The predicted molar refractivity (Wildman–Crippen MR) is 86.7 cm³/mol. The van der Waals surface area contributed by atoms with Gasteiger partial charge in [0.05, 0.1) is 6.54 Å². The van der Waals surface area contributed by atoms with Gasteiger partial charge in [-0.05, 0) is 29.7 Å². The number of ketones is 1. The molecule has 0 saturated heterocycles. The van der Waals surface area contributed by atoms with Crippen molar-refractivity contribution in [2.75, 3.05) is 0 Å². The van der Waals surface area contributed by atoms with E-state index < -0.39 is 0 Å². The van der Waals surface area contributed by atoms with Gasteiger partial charge in [0, 0.05) is 21.6 Å². The van der Waals surface area contributed by atoms with E-state index in [-0.39, 0.29) is 17.9 Å². The third-order valence-electron chi connectivity index (χ3n) is 3.37. The van der Waals surface area contributed by atoms with Crippen molar-refractivity contribution in [3.05, 3.63) is 81.2 Å². The molecule has 104 valence electrons. The van der Waals surface area contributed by atoms with Crippen molar-refractivity contribution in [1.29, 1.82) is 0 Å². The number of hydrogen-bond donors (Lipinski definition) is 0. The minimum absolute atomic E-state index is 0.0469. The van der Waals surface area contributed by atoms with Gasteiger partial charge in [-0.3, -0.25) is 9.59 Å². The molecule has 1 heterocycles. The first-order valence-corrected chi connectivity index (χ1v) is 7.31. The Morgan fingerprint density at radius 2 is 1.71 bits per heavy atom. The van der Waals surface area contributed by atoms with Gasteiger partial charge >= 0.3 is 0 Å². The number of rotatable bonds is 3. The molecule has 0 N–H and O–H groups in total. The molecule has 0 aliphatic rings. The molecule has 3 nitrogen and oxygen atoms in total. The molecule has 0 amide bonds. The van der Waals surface area contributed by atoms with Crippen molar-refractivity contribution >= 4 is 32.5 Å². The maximum Gasteiger partial charge on any atom is 0.258 e. The molecule has 0 spiro atoms. The summed E-state index contributed by atoms with van der Waals surface area (Å²) in [6.07, 6.45) is 1.67. The maximum absolute atomic E-state index is 12.4. The van der Waals surface area contributed by atoms with Gasteiger partial charge < -0.3 is 4.57 Å². The number of nitrogens with zero attached hydrogens (tertiary/aromatic N) is 1. The highest BCUT2D eigenvalue weighted by atomic mass is 79.9. The number of Topliss-reactive ketones (excluding diaryl/α,β-unsaturated/α-hetero) is 1. The molecular formula is C17H12BrNO2. The van der Waals surface area contributed by atoms with E-state index in [1.54, 1.807) is 24.4 Å². The summed E-state index contributed by atoms with van der Waals surface area (Å²) < 4.78 is 2.37. The van der Waals surface area contributed by atoms with Crippen LogP contribution < -0.4 is 5.56 Å². The van der Waals surface area contributed by atoms with Crippen molar-refractivity contribution in [3.8, 4) is 0 Å². The lowest BCUT2D eigenvalue weighted by Gasteiger charge is -2.07. The smallest absolute Gasteiger partial charge is 0.258 e. The lowest BCUT2D eigenvalue weighted by Crippen LogP contribution is -2.23. The number of hydrogen-bond acceptors (Lipinski definition) is 2. The van der Waals surface area contributed by atoms with E-state index in [2.05, 4.69) is 15.9 Å². The number of fused-ring (bicyclic) bond motifs is 1. The van der Waals surface area contributed by atoms with E-state index in [0.717, 1.165) is 9.86 Å². The fourth-order valence-electron chi connectivity index (χ4n) is 2.24. The summed E-state index contributed by atoms with van der Waals surface area (Å²) in [5.41, 5.74) is 0.455. The van der Waals surface area contributed by atoms with Crippen molar-refractivity contribution in [2.24, 2.45) is 0 Å². The molecule has 1 aromatic heterocycles. The molecule has 3 rings (SSSR count). The highest BCUT2D eigenvalue weighted by molar-refractivity contribution is 9.10. The Morgan fingerprint density at radius 1 is 1.00 bits per heavy atom. The second-order valence-corrected chi connectivity index (χ2v) is 5.68. The van der Waals surface area contributed by atoms with Crippen LogP contribution in [0.15, 0.2) is 70.1 Å². The summed E-state index contributed by atoms with van der Waals surface area (Å²) >= 11 is 3.33. The topological polar surface area (TPSA) is 39.1 Å². The van der Waals surface area contributed by atoms with Crippen molar-refractivity contribution in [1.82, 2.24) is 4.57 Å². The molecule has 0 fully saturated rings. The normalized spacial score (nSPS) is 10.7. The monoisotopic (exact) mass is 341 g/mol. The van der Waals surface area contributed by atoms with E-state index in [4.69, 9.17) is 0 Å². The number of halogens is 1. The SMILES string of the molecule is O=C(Cn1ccc2ccccc2c1=O)c1ccc(Br)cc1. The number of carbonyl (C=O) groups is 1. The van der Waals surface area contributed by atoms with Gasteiger partial charge in [-0.15, -0.1) is 0 Å². The number of benzene rings is 2. The Bertz CT molecular complexity index is 866. The fraction of sp³-hybridized carbons (Fsp3) is 0.0588. The third-order valence-corrected chi connectivity index (χ3v) is 3.89. The lowest BCUT2D eigenvalue weighted by atomic mass is 10.1. The van der Waals surface area contributed by atoms with Crippen LogP contribution >= 0.6 is 15.9 Å². The molecule has 4 heteroatoms. The summed E-state index contributed by atoms with van der Waals surface area (Å²) in [7, 11) is 0. The number of pyridine rings is 1. The minimum Gasteiger partial charge on any atom is -0.307 e. The van der Waals surface area contributed by atoms with E-state index in [1.807, 2.05) is 36.4 Å². The Kier molecular flexibility index (Phi) is 3.71. The second kappa shape index (κ2) is 5.66. The second-order valence-electron chi connectivity index (χ2n) is 4.77. The van der Waals surface area contributed by atoms with Crippen LogP contribution in [0, 0.1) is 0 Å². The van der Waals surface area contributed by atoms with E-state index in [0.29, 0.717) is 10.9 Å². The molecule has 3 aromatic rings. The van der Waals surface area contributed by atoms with Crippen LogP contribution in [-0.2, 0) is 6.54 Å². The van der Waals surface area contributed by atoms with Crippen LogP contribution in [-0.4, -0.2) is 10.4 Å². The highest BCUT2D eigenvalue weighted by Gasteiger charge is 2.09. The zero-order chi connectivity index (χ0) is 14.8. The zero-order valence-electron chi connectivity index (χ0n) is 11.1. The van der Waals surface area contributed by atoms with Crippen LogP contribution in [0.5, 0.6) is 0 Å². The predicted octanol–water partition coefficient (Wildman–Crippen LogP) is 3.65. The van der Waals surface area contributed by atoms with Crippen molar-refractivity contribution in [2.45, 2.75) is 6.54 Å². The maximum atomic E-state index is 12.4. The zero-order valence-corrected chi connectivity index (χ0v) is 12.7. The van der Waals surface area contributed by atoms with Crippen LogP contribution in [0.1, 0.15) is 10.4 Å². The van der Waals surface area contributed by atoms with Gasteiger partial charge in [-0.25, -0.2) is 0 Å². The van der Waals surface area contributed by atoms with Crippen LogP contribution in [0.2, 0.25) is 0 Å². The average molecular weight is 342 g/mol. The van der Waals surface area contributed by atoms with Gasteiger partial charge in [-0.1, -0.05) is 46.3 Å². The molecule has 0 unspecified atom stereocenters. The van der Waals surface area contributed by atoms with E-state index >= 15 is 0 Å². The van der Waals surface area contributed by atoms with Gasteiger partial charge in [-0.2, -0.15) is 0 Å².